The highest BCUT2D eigenvalue weighted by molar-refractivity contribution is 5.87. The Balaban J connectivity index is 2.77. The van der Waals surface area contributed by atoms with Gasteiger partial charge in [0.2, 0.25) is 0 Å². The van der Waals surface area contributed by atoms with Crippen molar-refractivity contribution in [2.75, 3.05) is 6.61 Å². The number of aliphatic hydroxyl groups is 1. The number of hydrogen-bond acceptors (Lipinski definition) is 3. The molecule has 0 bridgehead atoms. The van der Waals surface area contributed by atoms with Crippen LogP contribution in [-0.4, -0.2) is 28.4 Å². The van der Waals surface area contributed by atoms with Crippen molar-refractivity contribution in [2.45, 2.75) is 25.9 Å². The van der Waals surface area contributed by atoms with Crippen LogP contribution in [0.2, 0.25) is 0 Å². The Morgan fingerprint density at radius 3 is 2.65 bits per heavy atom. The number of hydrogen-bond donors (Lipinski definition) is 2. The summed E-state index contributed by atoms with van der Waals surface area (Å²) >= 11 is 0. The maximum absolute atomic E-state index is 13.4. The summed E-state index contributed by atoms with van der Waals surface area (Å²) in [5, 5.41) is 18.3. The van der Waals surface area contributed by atoms with Gasteiger partial charge >= 0.3 is 5.97 Å². The molecule has 0 aliphatic heterocycles. The molecule has 0 amide bonds. The van der Waals surface area contributed by atoms with E-state index in [9.17, 15) is 14.3 Å². The van der Waals surface area contributed by atoms with Gasteiger partial charge in [0.05, 0.1) is 11.2 Å². The lowest BCUT2D eigenvalue weighted by atomic mass is 10.1. The summed E-state index contributed by atoms with van der Waals surface area (Å²) in [4.78, 5) is 10.6. The SMILES string of the molecule is CCC(C)(O)COc1ccc(C(=O)O)cc1F. The molecule has 0 aliphatic rings. The van der Waals surface area contributed by atoms with Crippen molar-refractivity contribution in [3.05, 3.63) is 29.6 Å². The average Bonchev–Trinajstić information content (AvgIpc) is 2.27. The third-order valence-electron chi connectivity index (χ3n) is 2.48. The highest BCUT2D eigenvalue weighted by Gasteiger charge is 2.19. The monoisotopic (exact) mass is 242 g/mol. The summed E-state index contributed by atoms with van der Waals surface area (Å²) in [7, 11) is 0. The van der Waals surface area contributed by atoms with E-state index in [0.717, 1.165) is 6.07 Å². The highest BCUT2D eigenvalue weighted by atomic mass is 19.1. The zero-order valence-electron chi connectivity index (χ0n) is 9.74. The van der Waals surface area contributed by atoms with Crippen molar-refractivity contribution in [2.24, 2.45) is 0 Å². The van der Waals surface area contributed by atoms with Crippen LogP contribution in [-0.2, 0) is 0 Å². The lowest BCUT2D eigenvalue weighted by Crippen LogP contribution is -2.31. The van der Waals surface area contributed by atoms with Crippen molar-refractivity contribution in [3.63, 3.8) is 0 Å². The van der Waals surface area contributed by atoms with Gasteiger partial charge in [-0.25, -0.2) is 9.18 Å². The molecule has 1 aromatic carbocycles. The largest absolute Gasteiger partial charge is 0.488 e. The summed E-state index contributed by atoms with van der Waals surface area (Å²) in [6.07, 6.45) is 0.474. The minimum Gasteiger partial charge on any atom is -0.488 e. The lowest BCUT2D eigenvalue weighted by molar-refractivity contribution is 0.00731. The first-order valence-corrected chi connectivity index (χ1v) is 5.24. The molecule has 0 fully saturated rings. The fraction of sp³-hybridized carbons (Fsp3) is 0.417. The minimum absolute atomic E-state index is 0.0488. The lowest BCUT2D eigenvalue weighted by Gasteiger charge is -2.21. The number of carboxylic acid groups (broad SMARTS) is 1. The zero-order valence-corrected chi connectivity index (χ0v) is 9.74. The molecule has 4 nitrogen and oxygen atoms in total. The Bertz CT molecular complexity index is 415. The zero-order chi connectivity index (χ0) is 13.1. The fourth-order valence-corrected chi connectivity index (χ4v) is 1.09. The van der Waals surface area contributed by atoms with Gasteiger partial charge in [0, 0.05) is 0 Å². The normalized spacial score (nSPS) is 14.1. The van der Waals surface area contributed by atoms with Crippen LogP contribution in [0.1, 0.15) is 30.6 Å². The van der Waals surface area contributed by atoms with Crippen LogP contribution in [0.25, 0.3) is 0 Å². The van der Waals surface area contributed by atoms with Crippen LogP contribution in [0.5, 0.6) is 5.75 Å². The topological polar surface area (TPSA) is 66.8 Å². The Kier molecular flexibility index (Phi) is 4.07. The van der Waals surface area contributed by atoms with E-state index in [2.05, 4.69) is 0 Å². The molecular weight excluding hydrogens is 227 g/mol. The van der Waals surface area contributed by atoms with Gasteiger partial charge in [-0.2, -0.15) is 0 Å². The molecule has 0 radical (unpaired) electrons. The molecule has 0 saturated carbocycles. The number of benzene rings is 1. The quantitative estimate of drug-likeness (QED) is 0.829. The molecule has 1 atom stereocenters. The van der Waals surface area contributed by atoms with E-state index in [4.69, 9.17) is 9.84 Å². The van der Waals surface area contributed by atoms with Crippen molar-refractivity contribution in [1.82, 2.24) is 0 Å². The second-order valence-electron chi connectivity index (χ2n) is 4.09. The maximum Gasteiger partial charge on any atom is 0.335 e. The molecule has 0 heterocycles. The van der Waals surface area contributed by atoms with Crippen LogP contribution < -0.4 is 4.74 Å². The molecule has 17 heavy (non-hydrogen) atoms. The summed E-state index contributed by atoms with van der Waals surface area (Å²) in [6.45, 7) is 3.32. The van der Waals surface area contributed by atoms with Crippen molar-refractivity contribution >= 4 is 5.97 Å². The van der Waals surface area contributed by atoms with Crippen LogP contribution in [0, 0.1) is 5.82 Å². The molecule has 1 aromatic rings. The van der Waals surface area contributed by atoms with Crippen molar-refractivity contribution in [3.8, 4) is 5.75 Å². The second kappa shape index (κ2) is 5.14. The first-order chi connectivity index (χ1) is 7.85. The number of rotatable bonds is 5. The second-order valence-corrected chi connectivity index (χ2v) is 4.09. The minimum atomic E-state index is -1.20. The molecular formula is C12H15FO4. The molecule has 1 unspecified atom stereocenters. The third kappa shape index (κ3) is 3.71. The standard InChI is InChI=1S/C12H15FO4/c1-3-12(2,16)7-17-10-5-4-8(11(14)15)6-9(10)13/h4-6,16H,3,7H2,1-2H3,(H,14,15). The Morgan fingerprint density at radius 1 is 1.53 bits per heavy atom. The smallest absolute Gasteiger partial charge is 0.335 e. The summed E-state index contributed by atoms with van der Waals surface area (Å²) in [5.74, 6) is -2.02. The Hall–Kier alpha value is -1.62. The number of ether oxygens (including phenoxy) is 1. The van der Waals surface area contributed by atoms with E-state index in [0.29, 0.717) is 6.42 Å². The summed E-state index contributed by atoms with van der Waals surface area (Å²) < 4.78 is 18.5. The van der Waals surface area contributed by atoms with E-state index in [-0.39, 0.29) is 17.9 Å². The van der Waals surface area contributed by atoms with Crippen molar-refractivity contribution < 1.29 is 24.1 Å². The van der Waals surface area contributed by atoms with Crippen LogP contribution in [0.15, 0.2) is 18.2 Å². The molecule has 2 N–H and O–H groups in total. The number of aromatic carboxylic acids is 1. The average molecular weight is 242 g/mol. The maximum atomic E-state index is 13.4. The van der Waals surface area contributed by atoms with Gasteiger partial charge in [-0.1, -0.05) is 6.92 Å². The van der Waals surface area contributed by atoms with E-state index in [1.807, 2.05) is 0 Å². The fourth-order valence-electron chi connectivity index (χ4n) is 1.09. The van der Waals surface area contributed by atoms with Gasteiger partial charge in [-0.05, 0) is 31.5 Å². The predicted octanol–water partition coefficient (Wildman–Crippen LogP) is 2.06. The third-order valence-corrected chi connectivity index (χ3v) is 2.48. The van der Waals surface area contributed by atoms with E-state index >= 15 is 0 Å². The van der Waals surface area contributed by atoms with Crippen LogP contribution in [0.3, 0.4) is 0 Å². The van der Waals surface area contributed by atoms with E-state index < -0.39 is 17.4 Å². The van der Waals surface area contributed by atoms with Crippen LogP contribution >= 0.6 is 0 Å². The van der Waals surface area contributed by atoms with Crippen molar-refractivity contribution in [1.29, 1.82) is 0 Å². The first kappa shape index (κ1) is 13.4. The summed E-state index contributed by atoms with van der Waals surface area (Å²) in [5.41, 5.74) is -1.17. The number of carboxylic acids is 1. The van der Waals surface area contributed by atoms with Gasteiger partial charge in [-0.3, -0.25) is 0 Å². The Labute approximate surface area is 98.7 Å². The molecule has 0 saturated heterocycles. The number of halogens is 1. The number of carbonyl (C=O) groups is 1. The van der Waals surface area contributed by atoms with E-state index in [1.165, 1.54) is 12.1 Å². The van der Waals surface area contributed by atoms with Crippen LogP contribution in [0.4, 0.5) is 4.39 Å². The Morgan fingerprint density at radius 2 is 2.18 bits per heavy atom. The highest BCUT2D eigenvalue weighted by Crippen LogP contribution is 2.20. The van der Waals surface area contributed by atoms with E-state index in [1.54, 1.807) is 13.8 Å². The van der Waals surface area contributed by atoms with Gasteiger partial charge in [0.25, 0.3) is 0 Å². The van der Waals surface area contributed by atoms with Gasteiger partial charge < -0.3 is 14.9 Å². The molecule has 94 valence electrons. The predicted molar refractivity (Wildman–Crippen MR) is 59.8 cm³/mol. The molecule has 5 heteroatoms. The summed E-state index contributed by atoms with van der Waals surface area (Å²) in [6, 6.07) is 3.38. The molecule has 0 aromatic heterocycles. The molecule has 1 rings (SSSR count). The van der Waals surface area contributed by atoms with Gasteiger partial charge in [0.1, 0.15) is 6.61 Å². The molecule has 0 spiro atoms. The first-order valence-electron chi connectivity index (χ1n) is 5.24. The van der Waals surface area contributed by atoms with Gasteiger partial charge in [-0.15, -0.1) is 0 Å². The van der Waals surface area contributed by atoms with Gasteiger partial charge in [0.15, 0.2) is 11.6 Å². The molecule has 0 aliphatic carbocycles.